The lowest BCUT2D eigenvalue weighted by Crippen LogP contribution is -2.37. The molecule has 0 spiro atoms. The number of rotatable bonds is 3. The Labute approximate surface area is 105 Å². The first-order chi connectivity index (χ1) is 8.16. The van der Waals surface area contributed by atoms with Crippen molar-refractivity contribution in [3.63, 3.8) is 0 Å². The summed E-state index contributed by atoms with van der Waals surface area (Å²) in [6, 6.07) is -0.106. The molecule has 0 aromatic carbocycles. The van der Waals surface area contributed by atoms with Crippen LogP contribution < -0.4 is 5.32 Å². The second-order valence-corrected chi connectivity index (χ2v) is 5.10. The normalized spacial score (nSPS) is 14.6. The summed E-state index contributed by atoms with van der Waals surface area (Å²) < 4.78 is 0. The molecule has 0 saturated heterocycles. The van der Waals surface area contributed by atoms with Crippen LogP contribution in [0.1, 0.15) is 30.5 Å². The van der Waals surface area contributed by atoms with Gasteiger partial charge in [-0.15, -0.1) is 11.3 Å². The maximum absolute atomic E-state index is 11.7. The molecular weight excluding hydrogens is 236 g/mol. The van der Waals surface area contributed by atoms with Gasteiger partial charge in [-0.2, -0.15) is 0 Å². The summed E-state index contributed by atoms with van der Waals surface area (Å²) in [5, 5.41) is 5.94. The van der Waals surface area contributed by atoms with Gasteiger partial charge >= 0.3 is 6.03 Å². The molecule has 0 unspecified atom stereocenters. The maximum Gasteiger partial charge on any atom is 0.322 e. The van der Waals surface area contributed by atoms with Crippen LogP contribution in [-0.2, 0) is 6.54 Å². The molecule has 0 atom stereocenters. The standard InChI is InChI=1S/C11H16N4OS/c1-8(2)10-14-9(6-17-10)5-13-11(16)15-4-3-12-7-15/h6-8H,3-5H2,1-2H3,(H,13,16). The summed E-state index contributed by atoms with van der Waals surface area (Å²) in [5.74, 6) is 0.440. The van der Waals surface area contributed by atoms with Gasteiger partial charge in [0.15, 0.2) is 0 Å². The fourth-order valence-electron chi connectivity index (χ4n) is 1.47. The Balaban J connectivity index is 1.84. The number of aliphatic imine (C=N–C) groups is 1. The van der Waals surface area contributed by atoms with E-state index in [-0.39, 0.29) is 6.03 Å². The van der Waals surface area contributed by atoms with Gasteiger partial charge in [-0.25, -0.2) is 9.78 Å². The topological polar surface area (TPSA) is 57.6 Å². The van der Waals surface area contributed by atoms with E-state index < -0.39 is 0 Å². The smallest absolute Gasteiger partial charge is 0.322 e. The lowest BCUT2D eigenvalue weighted by atomic mass is 10.2. The van der Waals surface area contributed by atoms with Crippen LogP contribution in [0, 0.1) is 0 Å². The van der Waals surface area contributed by atoms with Gasteiger partial charge in [-0.3, -0.25) is 9.89 Å². The highest BCUT2D eigenvalue weighted by Gasteiger charge is 2.14. The molecule has 1 aliphatic heterocycles. The molecule has 0 radical (unpaired) electrons. The van der Waals surface area contributed by atoms with Crippen molar-refractivity contribution in [1.82, 2.24) is 15.2 Å². The highest BCUT2D eigenvalue weighted by Crippen LogP contribution is 2.18. The average molecular weight is 252 g/mol. The van der Waals surface area contributed by atoms with Crippen LogP contribution in [0.5, 0.6) is 0 Å². The summed E-state index contributed by atoms with van der Waals surface area (Å²) >= 11 is 1.64. The Morgan fingerprint density at radius 2 is 2.47 bits per heavy atom. The van der Waals surface area contributed by atoms with E-state index in [9.17, 15) is 4.79 Å². The van der Waals surface area contributed by atoms with Gasteiger partial charge in [-0.1, -0.05) is 13.8 Å². The molecule has 0 bridgehead atoms. The van der Waals surface area contributed by atoms with Gasteiger partial charge in [0, 0.05) is 17.8 Å². The van der Waals surface area contributed by atoms with E-state index in [1.165, 1.54) is 0 Å². The Morgan fingerprint density at radius 3 is 3.06 bits per heavy atom. The van der Waals surface area contributed by atoms with E-state index in [0.29, 0.717) is 25.6 Å². The van der Waals surface area contributed by atoms with Crippen molar-refractivity contribution < 1.29 is 4.79 Å². The Bertz CT molecular complexity index is 427. The van der Waals surface area contributed by atoms with Crippen molar-refractivity contribution in [1.29, 1.82) is 0 Å². The number of carbonyl (C=O) groups excluding carboxylic acids is 1. The molecule has 6 heteroatoms. The fraction of sp³-hybridized carbons (Fsp3) is 0.545. The van der Waals surface area contributed by atoms with Crippen LogP contribution in [0.3, 0.4) is 0 Å². The minimum atomic E-state index is -0.106. The van der Waals surface area contributed by atoms with E-state index in [2.05, 4.69) is 29.1 Å². The van der Waals surface area contributed by atoms with Crippen LogP contribution >= 0.6 is 11.3 Å². The molecule has 17 heavy (non-hydrogen) atoms. The molecule has 1 aromatic heterocycles. The van der Waals surface area contributed by atoms with Crippen molar-refractivity contribution >= 4 is 23.7 Å². The molecule has 2 heterocycles. The summed E-state index contributed by atoms with van der Waals surface area (Å²) in [7, 11) is 0. The van der Waals surface area contributed by atoms with E-state index >= 15 is 0 Å². The van der Waals surface area contributed by atoms with Gasteiger partial charge in [0.05, 0.1) is 30.1 Å². The number of aromatic nitrogens is 1. The summed E-state index contributed by atoms with van der Waals surface area (Å²) in [6.45, 7) is 6.07. The zero-order valence-corrected chi connectivity index (χ0v) is 10.8. The predicted molar refractivity (Wildman–Crippen MR) is 68.5 cm³/mol. The van der Waals surface area contributed by atoms with Crippen molar-refractivity contribution in [2.45, 2.75) is 26.3 Å². The van der Waals surface area contributed by atoms with Gasteiger partial charge in [0.1, 0.15) is 0 Å². The second-order valence-electron chi connectivity index (χ2n) is 4.21. The van der Waals surface area contributed by atoms with Crippen molar-refractivity contribution in [2.24, 2.45) is 4.99 Å². The molecule has 0 fully saturated rings. The van der Waals surface area contributed by atoms with Crippen molar-refractivity contribution in [3.8, 4) is 0 Å². The molecule has 2 amide bonds. The molecular formula is C11H16N4OS. The average Bonchev–Trinajstić information content (AvgIpc) is 2.97. The highest BCUT2D eigenvalue weighted by molar-refractivity contribution is 7.09. The highest BCUT2D eigenvalue weighted by atomic mass is 32.1. The minimum Gasteiger partial charge on any atom is -0.332 e. The third-order valence-corrected chi connectivity index (χ3v) is 3.63. The lowest BCUT2D eigenvalue weighted by molar-refractivity contribution is 0.224. The third-order valence-electron chi connectivity index (χ3n) is 2.44. The van der Waals surface area contributed by atoms with E-state index in [1.54, 1.807) is 22.6 Å². The Hall–Kier alpha value is -1.43. The van der Waals surface area contributed by atoms with E-state index in [0.717, 1.165) is 10.7 Å². The number of urea groups is 1. The van der Waals surface area contributed by atoms with Crippen LogP contribution in [0.25, 0.3) is 0 Å². The van der Waals surface area contributed by atoms with Crippen LogP contribution in [0.4, 0.5) is 4.79 Å². The van der Waals surface area contributed by atoms with Crippen LogP contribution in [0.2, 0.25) is 0 Å². The maximum atomic E-state index is 11.7. The second kappa shape index (κ2) is 5.27. The summed E-state index contributed by atoms with van der Waals surface area (Å²) in [4.78, 5) is 21.7. The first-order valence-corrected chi connectivity index (χ1v) is 6.53. The number of hydrogen-bond acceptors (Lipinski definition) is 4. The lowest BCUT2D eigenvalue weighted by Gasteiger charge is -2.12. The number of amides is 2. The van der Waals surface area contributed by atoms with Crippen LogP contribution in [-0.4, -0.2) is 35.3 Å². The molecule has 92 valence electrons. The zero-order chi connectivity index (χ0) is 12.3. The largest absolute Gasteiger partial charge is 0.332 e. The first-order valence-electron chi connectivity index (χ1n) is 5.65. The Kier molecular flexibility index (Phi) is 3.73. The molecule has 1 aromatic rings. The monoisotopic (exact) mass is 252 g/mol. The van der Waals surface area contributed by atoms with Crippen molar-refractivity contribution in [2.75, 3.05) is 13.1 Å². The fourth-order valence-corrected chi connectivity index (χ4v) is 2.31. The molecule has 1 aliphatic rings. The van der Waals surface area contributed by atoms with Crippen molar-refractivity contribution in [3.05, 3.63) is 16.1 Å². The predicted octanol–water partition coefficient (Wildman–Crippen LogP) is 1.82. The van der Waals surface area contributed by atoms with Gasteiger partial charge in [-0.05, 0) is 0 Å². The Morgan fingerprint density at radius 1 is 1.65 bits per heavy atom. The molecule has 0 aliphatic carbocycles. The number of thiazole rings is 1. The number of hydrogen-bond donors (Lipinski definition) is 1. The number of carbonyl (C=O) groups is 1. The molecule has 2 rings (SSSR count). The first kappa shape index (κ1) is 12.0. The van der Waals surface area contributed by atoms with Gasteiger partial charge in [0.25, 0.3) is 0 Å². The SMILES string of the molecule is CC(C)c1nc(CNC(=O)N2C=NCC2)cs1. The zero-order valence-electron chi connectivity index (χ0n) is 10.0. The minimum absolute atomic E-state index is 0.106. The summed E-state index contributed by atoms with van der Waals surface area (Å²) in [6.07, 6.45) is 1.58. The molecule has 5 nitrogen and oxygen atoms in total. The number of nitrogens with one attached hydrogen (secondary N) is 1. The number of nitrogens with zero attached hydrogens (tertiary/aromatic N) is 3. The van der Waals surface area contributed by atoms with Crippen LogP contribution in [0.15, 0.2) is 10.4 Å². The molecule has 0 saturated carbocycles. The molecule has 1 N–H and O–H groups in total. The van der Waals surface area contributed by atoms with E-state index in [4.69, 9.17) is 0 Å². The van der Waals surface area contributed by atoms with Gasteiger partial charge in [0.2, 0.25) is 0 Å². The third kappa shape index (κ3) is 3.03. The quantitative estimate of drug-likeness (QED) is 0.892. The van der Waals surface area contributed by atoms with E-state index in [1.807, 2.05) is 5.38 Å². The summed E-state index contributed by atoms with van der Waals surface area (Å²) in [5.41, 5.74) is 0.920. The van der Waals surface area contributed by atoms with Gasteiger partial charge < -0.3 is 5.32 Å².